The molecule has 0 radical (unpaired) electrons. The Morgan fingerprint density at radius 2 is 1.74 bits per heavy atom. The Hall–Kier alpha value is -3.26. The molecule has 0 aromatic heterocycles. The number of rotatable bonds is 10. The molecule has 1 amide bonds. The van der Waals surface area contributed by atoms with Gasteiger partial charge in [-0.15, -0.1) is 11.6 Å². The van der Waals surface area contributed by atoms with Crippen LogP contribution in [0.3, 0.4) is 0 Å². The average Bonchev–Trinajstić information content (AvgIpc) is 3.24. The number of nitrogens with zero attached hydrogens (tertiary/aromatic N) is 1. The van der Waals surface area contributed by atoms with Crippen molar-refractivity contribution in [3.63, 3.8) is 0 Å². The number of Topliss-reactive ketones (excluding diaryl/α,β-unsaturated/α-hetero) is 1. The van der Waals surface area contributed by atoms with Gasteiger partial charge in [0.1, 0.15) is 5.82 Å². The summed E-state index contributed by atoms with van der Waals surface area (Å²) < 4.78 is 23.7. The number of hydrogen-bond donors (Lipinski definition) is 0. The second-order valence-electron chi connectivity index (χ2n) is 7.86. The summed E-state index contributed by atoms with van der Waals surface area (Å²) in [5.41, 5.74) is 1.10. The van der Waals surface area contributed by atoms with Crippen molar-refractivity contribution in [2.45, 2.75) is 32.3 Å². The summed E-state index contributed by atoms with van der Waals surface area (Å²) in [6.07, 6.45) is -0.404. The van der Waals surface area contributed by atoms with E-state index in [1.807, 2.05) is 6.92 Å². The molecule has 34 heavy (non-hydrogen) atoms. The van der Waals surface area contributed by atoms with Gasteiger partial charge in [0, 0.05) is 36.5 Å². The van der Waals surface area contributed by atoms with Crippen LogP contribution in [0.2, 0.25) is 0 Å². The van der Waals surface area contributed by atoms with E-state index in [0.717, 1.165) is 12.1 Å². The van der Waals surface area contributed by atoms with Crippen molar-refractivity contribution >= 4 is 40.9 Å². The second-order valence-corrected chi connectivity index (χ2v) is 8.24. The van der Waals surface area contributed by atoms with Crippen LogP contribution in [0.1, 0.15) is 46.9 Å². The van der Waals surface area contributed by atoms with E-state index in [2.05, 4.69) is 0 Å². The maximum absolute atomic E-state index is 13.2. The zero-order valence-electron chi connectivity index (χ0n) is 18.7. The van der Waals surface area contributed by atoms with Crippen molar-refractivity contribution in [3.8, 4) is 0 Å². The highest BCUT2D eigenvalue weighted by Crippen LogP contribution is 2.27. The number of benzene rings is 2. The summed E-state index contributed by atoms with van der Waals surface area (Å²) in [6, 6.07) is 11.3. The summed E-state index contributed by atoms with van der Waals surface area (Å²) in [5.74, 6) is -3.06. The Morgan fingerprint density at radius 1 is 1.09 bits per heavy atom. The second kappa shape index (κ2) is 11.7. The van der Waals surface area contributed by atoms with Crippen molar-refractivity contribution in [2.75, 3.05) is 23.9 Å². The predicted molar refractivity (Wildman–Crippen MR) is 123 cm³/mol. The van der Waals surface area contributed by atoms with Crippen molar-refractivity contribution in [3.05, 3.63) is 65.5 Å². The number of hydrogen-bond acceptors (Lipinski definition) is 6. The fourth-order valence-electron chi connectivity index (χ4n) is 3.55. The summed E-state index contributed by atoms with van der Waals surface area (Å²) in [4.78, 5) is 51.4. The van der Waals surface area contributed by atoms with E-state index in [9.17, 15) is 23.6 Å². The molecule has 9 heteroatoms. The summed E-state index contributed by atoms with van der Waals surface area (Å²) in [6.45, 7) is 2.30. The van der Waals surface area contributed by atoms with E-state index in [-0.39, 0.29) is 36.7 Å². The first-order valence-corrected chi connectivity index (χ1v) is 11.5. The van der Waals surface area contributed by atoms with Gasteiger partial charge < -0.3 is 14.4 Å². The third kappa shape index (κ3) is 6.20. The van der Waals surface area contributed by atoms with E-state index in [0.29, 0.717) is 24.3 Å². The van der Waals surface area contributed by atoms with Gasteiger partial charge >= 0.3 is 11.9 Å². The number of anilines is 1. The normalized spacial score (nSPS) is 16.3. The third-order valence-corrected chi connectivity index (χ3v) is 5.58. The van der Waals surface area contributed by atoms with Crippen LogP contribution in [0.4, 0.5) is 10.1 Å². The lowest BCUT2D eigenvalue weighted by Gasteiger charge is -2.19. The maximum atomic E-state index is 13.2. The number of amides is 1. The molecule has 0 aliphatic carbocycles. The first-order valence-electron chi connectivity index (χ1n) is 11.0. The average molecular weight is 490 g/mol. The monoisotopic (exact) mass is 489 g/mol. The predicted octanol–water partition coefficient (Wildman–Crippen LogP) is 4.17. The van der Waals surface area contributed by atoms with E-state index in [1.165, 1.54) is 17.0 Å². The highest BCUT2D eigenvalue weighted by Gasteiger charge is 2.38. The zero-order valence-corrected chi connectivity index (χ0v) is 19.4. The first-order chi connectivity index (χ1) is 16.3. The molecule has 1 aliphatic heterocycles. The van der Waals surface area contributed by atoms with Crippen LogP contribution in [0.15, 0.2) is 48.5 Å². The molecule has 1 aliphatic rings. The Morgan fingerprint density at radius 3 is 2.35 bits per heavy atom. The van der Waals surface area contributed by atoms with Gasteiger partial charge in [-0.25, -0.2) is 9.18 Å². The van der Waals surface area contributed by atoms with E-state index in [4.69, 9.17) is 21.1 Å². The van der Waals surface area contributed by atoms with Crippen LogP contribution >= 0.6 is 11.6 Å². The third-order valence-electron chi connectivity index (χ3n) is 5.36. The molecule has 1 saturated heterocycles. The van der Waals surface area contributed by atoms with Crippen LogP contribution in [0.25, 0.3) is 0 Å². The van der Waals surface area contributed by atoms with E-state index >= 15 is 0 Å². The molecule has 0 N–H and O–H groups in total. The van der Waals surface area contributed by atoms with Gasteiger partial charge in [0.05, 0.1) is 18.1 Å². The van der Waals surface area contributed by atoms with Crippen LogP contribution in [0.5, 0.6) is 0 Å². The molecule has 0 spiro atoms. The number of carbonyl (C=O) groups excluding carboxylic acids is 4. The molecular weight excluding hydrogens is 465 g/mol. The van der Waals surface area contributed by atoms with Gasteiger partial charge in [-0.3, -0.25) is 14.4 Å². The minimum Gasteiger partial charge on any atom is -0.462 e. The summed E-state index contributed by atoms with van der Waals surface area (Å²) >= 11 is 5.79. The molecule has 2 aromatic rings. The molecule has 0 unspecified atom stereocenters. The smallest absolute Gasteiger partial charge is 0.338 e. The Bertz CT molecular complexity index is 1040. The van der Waals surface area contributed by atoms with Crippen molar-refractivity contribution in [1.82, 2.24) is 0 Å². The number of halogens is 2. The zero-order chi connectivity index (χ0) is 24.7. The van der Waals surface area contributed by atoms with Crippen LogP contribution in [0, 0.1) is 11.7 Å². The molecule has 7 nitrogen and oxygen atoms in total. The molecule has 1 heterocycles. The van der Waals surface area contributed by atoms with Gasteiger partial charge in [-0.2, -0.15) is 0 Å². The molecule has 1 fully saturated rings. The number of alkyl halides is 1. The summed E-state index contributed by atoms with van der Waals surface area (Å²) in [7, 11) is 0. The lowest BCUT2D eigenvalue weighted by molar-refractivity contribution is -0.151. The maximum Gasteiger partial charge on any atom is 0.338 e. The van der Waals surface area contributed by atoms with Crippen molar-refractivity contribution in [2.24, 2.45) is 5.92 Å². The van der Waals surface area contributed by atoms with Crippen LogP contribution in [-0.2, 0) is 19.1 Å². The molecule has 2 atom stereocenters. The van der Waals surface area contributed by atoms with Gasteiger partial charge in [0.15, 0.2) is 6.10 Å². The van der Waals surface area contributed by atoms with Gasteiger partial charge in [0.25, 0.3) is 0 Å². The highest BCUT2D eigenvalue weighted by atomic mass is 35.5. The fourth-order valence-corrected chi connectivity index (χ4v) is 3.75. The minimum atomic E-state index is -1.13. The Kier molecular flexibility index (Phi) is 8.76. The number of ether oxygens (including phenoxy) is 2. The molecule has 180 valence electrons. The van der Waals surface area contributed by atoms with Gasteiger partial charge in [0.2, 0.25) is 11.7 Å². The molecule has 2 aromatic carbocycles. The standard InChI is InChI=1S/C25H25ClFNO6/c1-2-13-33-24(31)17-5-9-20(10-6-17)28-15-18(14-22(28)29)25(32)34-21(11-12-26)23(30)16-3-7-19(27)8-4-16/h3-10,18,21H,2,11-15H2,1H3/t18-,21+/m0/s1. The molecule has 3 rings (SSSR count). The topological polar surface area (TPSA) is 90.0 Å². The quantitative estimate of drug-likeness (QED) is 0.283. The van der Waals surface area contributed by atoms with E-state index in [1.54, 1.807) is 24.3 Å². The molecule has 0 bridgehead atoms. The summed E-state index contributed by atoms with van der Waals surface area (Å²) in [5, 5.41) is 0. The highest BCUT2D eigenvalue weighted by molar-refractivity contribution is 6.18. The van der Waals surface area contributed by atoms with Crippen LogP contribution < -0.4 is 4.90 Å². The fraction of sp³-hybridized carbons (Fsp3) is 0.360. The van der Waals surface area contributed by atoms with Crippen LogP contribution in [-0.4, -0.2) is 48.8 Å². The van der Waals surface area contributed by atoms with Gasteiger partial charge in [-0.1, -0.05) is 6.92 Å². The molecular formula is C25H25ClFNO6. The minimum absolute atomic E-state index is 0.0720. The Balaban J connectivity index is 1.64. The number of carbonyl (C=O) groups is 4. The van der Waals surface area contributed by atoms with Crippen molar-refractivity contribution < 1.29 is 33.0 Å². The van der Waals surface area contributed by atoms with Crippen molar-refractivity contribution in [1.29, 1.82) is 0 Å². The SMILES string of the molecule is CCCOC(=O)c1ccc(N2C[C@@H](C(=O)O[C@H](CCCl)C(=O)c3ccc(F)cc3)CC2=O)cc1. The lowest BCUT2D eigenvalue weighted by atomic mass is 10.0. The number of ketones is 1. The number of esters is 2. The van der Waals surface area contributed by atoms with E-state index < -0.39 is 35.6 Å². The first kappa shape index (κ1) is 25.4. The lowest BCUT2D eigenvalue weighted by Crippen LogP contribution is -2.32. The molecule has 0 saturated carbocycles. The largest absolute Gasteiger partial charge is 0.462 e. The van der Waals surface area contributed by atoms with Gasteiger partial charge in [-0.05, 0) is 55.0 Å². The Labute approximate surface area is 201 Å².